The molecule has 43 heavy (non-hydrogen) atoms. The molecule has 9 nitrogen and oxygen atoms in total. The number of primary amides is 1. The van der Waals surface area contributed by atoms with E-state index < -0.39 is 43.9 Å². The van der Waals surface area contributed by atoms with Gasteiger partial charge in [-0.25, -0.2) is 12.8 Å². The molecule has 11 heteroatoms. The van der Waals surface area contributed by atoms with Crippen molar-refractivity contribution in [1.82, 2.24) is 9.55 Å². The molecule has 1 aromatic heterocycles. The monoisotopic (exact) mass is 600 g/mol. The van der Waals surface area contributed by atoms with E-state index in [0.29, 0.717) is 35.1 Å². The minimum absolute atomic E-state index is 0.0309. The van der Waals surface area contributed by atoms with E-state index >= 15 is 0 Å². The van der Waals surface area contributed by atoms with Gasteiger partial charge in [-0.15, -0.1) is 0 Å². The van der Waals surface area contributed by atoms with Gasteiger partial charge in [-0.3, -0.25) is 14.2 Å². The molecule has 4 aromatic rings. The highest BCUT2D eigenvalue weighted by Gasteiger charge is 2.38. The molecule has 1 aliphatic rings. The van der Waals surface area contributed by atoms with Crippen molar-refractivity contribution in [2.45, 2.75) is 54.9 Å². The Balaban J connectivity index is 1.65. The molecule has 3 aromatic carbocycles. The first kappa shape index (κ1) is 29.7. The van der Waals surface area contributed by atoms with Crippen LogP contribution >= 0.6 is 0 Å². The summed E-state index contributed by atoms with van der Waals surface area (Å²) < 4.78 is 42.9. The summed E-state index contributed by atoms with van der Waals surface area (Å²) in [6.07, 6.45) is 3.40. The highest BCUT2D eigenvalue weighted by atomic mass is 32.2. The molecule has 1 amide bonds. The van der Waals surface area contributed by atoms with Crippen LogP contribution in [0.4, 0.5) is 4.39 Å². The van der Waals surface area contributed by atoms with Crippen LogP contribution in [0.2, 0.25) is 0 Å². The number of halogens is 1. The summed E-state index contributed by atoms with van der Waals surface area (Å²) >= 11 is 0. The Kier molecular flexibility index (Phi) is 8.15. The predicted molar refractivity (Wildman–Crippen MR) is 157 cm³/mol. The van der Waals surface area contributed by atoms with Crippen LogP contribution in [-0.2, 0) is 16.3 Å². The SMILES string of the molecule is CCCCc1nc(O)c(S(=O)(=O)c2ccc(-c3ccc(F)cc3C(N)=O)cc2)c(=O)n1C(c1cccc(C#N)c1)C1CC1. The lowest BCUT2D eigenvalue weighted by atomic mass is 9.99. The number of benzene rings is 3. The number of nitriles is 1. The summed E-state index contributed by atoms with van der Waals surface area (Å²) in [6.45, 7) is 1.97. The molecule has 1 saturated carbocycles. The number of unbranched alkanes of at least 4 members (excludes halogenated alkanes) is 1. The molecule has 0 spiro atoms. The Labute approximate surface area is 248 Å². The van der Waals surface area contributed by atoms with Gasteiger partial charge in [0.1, 0.15) is 11.6 Å². The molecule has 220 valence electrons. The first-order valence-electron chi connectivity index (χ1n) is 13.9. The van der Waals surface area contributed by atoms with Crippen LogP contribution in [0.1, 0.15) is 66.0 Å². The second kappa shape index (κ2) is 11.8. The first-order chi connectivity index (χ1) is 20.6. The van der Waals surface area contributed by atoms with E-state index in [2.05, 4.69) is 11.1 Å². The summed E-state index contributed by atoms with van der Waals surface area (Å²) in [6, 6.07) is 17.2. The molecular formula is C32H29FN4O5S. The van der Waals surface area contributed by atoms with Gasteiger partial charge in [0.15, 0.2) is 4.90 Å². The van der Waals surface area contributed by atoms with Crippen molar-refractivity contribution in [3.8, 4) is 23.1 Å². The minimum Gasteiger partial charge on any atom is -0.492 e. The summed E-state index contributed by atoms with van der Waals surface area (Å²) in [7, 11) is -4.58. The standard InChI is InChI=1S/C32H29FN4O5S/c1-2-3-7-27-36-31(39)29(32(40)37(27)28(21-8-9-21)22-6-4-5-19(16-22)18-34)43(41,42)24-13-10-20(11-14-24)25-15-12-23(33)17-26(25)30(35)38/h4-6,10-17,21,28,39H,2-3,7-9H2,1H3,(H2,35,38). The maximum absolute atomic E-state index is 14.2. The number of aryl methyl sites for hydroxylation is 1. The van der Waals surface area contributed by atoms with E-state index in [1.165, 1.54) is 34.9 Å². The normalized spacial score (nSPS) is 13.8. The van der Waals surface area contributed by atoms with E-state index in [-0.39, 0.29) is 22.2 Å². The molecule has 0 aliphatic heterocycles. The van der Waals surface area contributed by atoms with Gasteiger partial charge in [-0.05, 0) is 78.3 Å². The zero-order valence-corrected chi connectivity index (χ0v) is 24.1. The van der Waals surface area contributed by atoms with Gasteiger partial charge in [0.05, 0.1) is 22.6 Å². The fraction of sp³-hybridized carbons (Fsp3) is 0.250. The number of hydrogen-bond donors (Lipinski definition) is 2. The van der Waals surface area contributed by atoms with E-state index in [1.54, 1.807) is 24.3 Å². The first-order valence-corrected chi connectivity index (χ1v) is 15.3. The number of hydrogen-bond acceptors (Lipinski definition) is 7. The van der Waals surface area contributed by atoms with Crippen molar-refractivity contribution >= 4 is 15.7 Å². The number of rotatable bonds is 10. The van der Waals surface area contributed by atoms with E-state index in [1.807, 2.05) is 6.92 Å². The Morgan fingerprint density at radius 3 is 2.51 bits per heavy atom. The molecular weight excluding hydrogens is 571 g/mol. The maximum atomic E-state index is 14.2. The zero-order chi connectivity index (χ0) is 30.9. The second-order valence-corrected chi connectivity index (χ2v) is 12.4. The van der Waals surface area contributed by atoms with Crippen LogP contribution in [0, 0.1) is 23.1 Å². The van der Waals surface area contributed by atoms with Crippen molar-refractivity contribution < 1.29 is 22.7 Å². The molecule has 0 bridgehead atoms. The van der Waals surface area contributed by atoms with Crippen molar-refractivity contribution in [3.05, 3.63) is 105 Å². The van der Waals surface area contributed by atoms with E-state index in [4.69, 9.17) is 5.73 Å². The van der Waals surface area contributed by atoms with Gasteiger partial charge in [-0.2, -0.15) is 10.2 Å². The summed E-state index contributed by atoms with van der Waals surface area (Å²) in [5.74, 6) is -2.08. The van der Waals surface area contributed by atoms with Crippen LogP contribution in [0.3, 0.4) is 0 Å². The average Bonchev–Trinajstić information content (AvgIpc) is 3.83. The van der Waals surface area contributed by atoms with Crippen LogP contribution in [0.5, 0.6) is 5.88 Å². The lowest BCUT2D eigenvalue weighted by Crippen LogP contribution is -2.34. The van der Waals surface area contributed by atoms with Crippen molar-refractivity contribution in [2.75, 3.05) is 0 Å². The largest absolute Gasteiger partial charge is 0.492 e. The van der Waals surface area contributed by atoms with Crippen molar-refractivity contribution in [1.29, 1.82) is 5.26 Å². The molecule has 3 N–H and O–H groups in total. The summed E-state index contributed by atoms with van der Waals surface area (Å²) in [5.41, 5.74) is 6.23. The maximum Gasteiger partial charge on any atom is 0.277 e. The Morgan fingerprint density at radius 1 is 1.16 bits per heavy atom. The number of carbonyl (C=O) groups excluding carboxylic acids is 1. The fourth-order valence-electron chi connectivity index (χ4n) is 5.32. The highest BCUT2D eigenvalue weighted by Crippen LogP contribution is 2.44. The molecule has 1 heterocycles. The third kappa shape index (κ3) is 5.79. The third-order valence-electron chi connectivity index (χ3n) is 7.58. The van der Waals surface area contributed by atoms with Gasteiger partial charge >= 0.3 is 0 Å². The smallest absolute Gasteiger partial charge is 0.277 e. The minimum atomic E-state index is -4.58. The quantitative estimate of drug-likeness (QED) is 0.262. The van der Waals surface area contributed by atoms with Gasteiger partial charge in [0, 0.05) is 12.0 Å². The fourth-order valence-corrected chi connectivity index (χ4v) is 6.67. The Bertz CT molecular complexity index is 1930. The lowest BCUT2D eigenvalue weighted by molar-refractivity contribution is 0.100. The van der Waals surface area contributed by atoms with Crippen LogP contribution in [0.15, 0.2) is 81.3 Å². The van der Waals surface area contributed by atoms with E-state index in [9.17, 15) is 32.8 Å². The number of aromatic nitrogens is 2. The molecule has 5 rings (SSSR count). The third-order valence-corrected chi connectivity index (χ3v) is 9.37. The molecule has 1 aliphatic carbocycles. The lowest BCUT2D eigenvalue weighted by Gasteiger charge is -2.24. The van der Waals surface area contributed by atoms with E-state index in [0.717, 1.165) is 31.4 Å². The Hall–Kier alpha value is -4.82. The number of nitrogens with two attached hydrogens (primary N) is 1. The average molecular weight is 601 g/mol. The summed E-state index contributed by atoms with van der Waals surface area (Å²) in [4.78, 5) is 29.2. The molecule has 0 radical (unpaired) electrons. The van der Waals surface area contributed by atoms with Crippen LogP contribution < -0.4 is 11.3 Å². The van der Waals surface area contributed by atoms with Crippen LogP contribution in [-0.4, -0.2) is 29.0 Å². The van der Waals surface area contributed by atoms with Crippen molar-refractivity contribution in [3.63, 3.8) is 0 Å². The van der Waals surface area contributed by atoms with Gasteiger partial charge in [0.25, 0.3) is 5.56 Å². The number of amides is 1. The number of carbonyl (C=O) groups is 1. The zero-order valence-electron chi connectivity index (χ0n) is 23.3. The molecule has 0 saturated heterocycles. The highest BCUT2D eigenvalue weighted by molar-refractivity contribution is 7.91. The van der Waals surface area contributed by atoms with Gasteiger partial charge in [-0.1, -0.05) is 43.7 Å². The molecule has 1 atom stereocenters. The Morgan fingerprint density at radius 2 is 1.88 bits per heavy atom. The molecule has 1 fully saturated rings. The summed E-state index contributed by atoms with van der Waals surface area (Å²) in [5, 5.41) is 20.4. The van der Waals surface area contributed by atoms with Gasteiger partial charge in [0.2, 0.25) is 21.6 Å². The predicted octanol–water partition coefficient (Wildman–Crippen LogP) is 4.90. The molecule has 1 unspecified atom stereocenters. The number of sulfone groups is 1. The van der Waals surface area contributed by atoms with Crippen molar-refractivity contribution in [2.24, 2.45) is 11.7 Å². The van der Waals surface area contributed by atoms with Gasteiger partial charge < -0.3 is 10.8 Å². The van der Waals surface area contributed by atoms with Crippen LogP contribution in [0.25, 0.3) is 11.1 Å². The number of aromatic hydroxyl groups is 1. The number of nitrogens with zero attached hydrogens (tertiary/aromatic N) is 3. The topological polar surface area (TPSA) is 156 Å². The second-order valence-electron chi connectivity index (χ2n) is 10.6.